The van der Waals surface area contributed by atoms with Crippen LogP contribution in [0.4, 0.5) is 11.4 Å². The molecule has 0 aliphatic rings. The van der Waals surface area contributed by atoms with Crippen molar-refractivity contribution in [3.63, 3.8) is 0 Å². The fraction of sp³-hybridized carbons (Fsp3) is 0.273. The Labute approximate surface area is 296 Å². The first-order valence-corrected chi connectivity index (χ1v) is 17.9. The summed E-state index contributed by atoms with van der Waals surface area (Å²) in [6.07, 6.45) is 8.35. The summed E-state index contributed by atoms with van der Waals surface area (Å²) in [6, 6.07) is 37.1. The van der Waals surface area contributed by atoms with Gasteiger partial charge in [0.25, 0.3) is 11.8 Å². The van der Waals surface area contributed by atoms with Gasteiger partial charge in [-0.05, 0) is 108 Å². The summed E-state index contributed by atoms with van der Waals surface area (Å²) in [5, 5.41) is 19.3. The molecule has 0 spiro atoms. The lowest BCUT2D eigenvalue weighted by atomic mass is 10.0. The zero-order valence-corrected chi connectivity index (χ0v) is 29.2. The number of aromatic hydroxyl groups is 2. The molecule has 5 aromatic rings. The number of carbonyl (C=O) groups is 2. The predicted octanol–water partition coefficient (Wildman–Crippen LogP) is 10.9. The lowest BCUT2D eigenvalue weighted by Crippen LogP contribution is -2.33. The number of nitrogens with zero attached hydrogens (tertiary/aromatic N) is 2. The number of amides is 2. The second kappa shape index (κ2) is 17.9. The Morgan fingerprint density at radius 3 is 1.02 bits per heavy atom. The van der Waals surface area contributed by atoms with Crippen molar-refractivity contribution in [3.8, 4) is 33.8 Å². The number of hydrogen-bond acceptors (Lipinski definition) is 4. The van der Waals surface area contributed by atoms with Crippen molar-refractivity contribution in [2.75, 3.05) is 22.9 Å². The Balaban J connectivity index is 1.37. The molecule has 0 saturated heterocycles. The average molecular weight is 669 g/mol. The molecule has 0 saturated carbocycles. The normalized spacial score (nSPS) is 10.9. The van der Waals surface area contributed by atoms with Crippen molar-refractivity contribution in [3.05, 3.63) is 132 Å². The molecule has 0 radical (unpaired) electrons. The number of benzene rings is 5. The quantitative estimate of drug-likeness (QED) is 0.103. The minimum absolute atomic E-state index is 0.0623. The minimum Gasteiger partial charge on any atom is -0.508 e. The number of anilines is 2. The van der Waals surface area contributed by atoms with Gasteiger partial charge in [0.05, 0.1) is 0 Å². The summed E-state index contributed by atoms with van der Waals surface area (Å²) < 4.78 is 0. The van der Waals surface area contributed by atoms with Crippen LogP contribution in [-0.4, -0.2) is 35.1 Å². The second-order valence-electron chi connectivity index (χ2n) is 12.8. The third-order valence-electron chi connectivity index (χ3n) is 9.10. The van der Waals surface area contributed by atoms with E-state index in [1.54, 1.807) is 24.3 Å². The van der Waals surface area contributed by atoms with Gasteiger partial charge in [0.1, 0.15) is 11.5 Å². The predicted molar refractivity (Wildman–Crippen MR) is 205 cm³/mol. The molecule has 0 unspecified atom stereocenters. The summed E-state index contributed by atoms with van der Waals surface area (Å²) in [5.41, 5.74) is 6.69. The maximum absolute atomic E-state index is 14.0. The minimum atomic E-state index is -0.0623. The number of unbranched alkanes of at least 4 members (excludes halogenated alkanes) is 6. The molecular formula is C44H48N2O4. The molecular weight excluding hydrogens is 620 g/mol. The van der Waals surface area contributed by atoms with E-state index in [1.807, 2.05) is 107 Å². The van der Waals surface area contributed by atoms with Crippen LogP contribution in [0.15, 0.2) is 121 Å². The van der Waals surface area contributed by atoms with Crippen LogP contribution in [0.25, 0.3) is 22.3 Å². The van der Waals surface area contributed by atoms with Crippen LogP contribution in [0.3, 0.4) is 0 Å². The lowest BCUT2D eigenvalue weighted by Gasteiger charge is -2.26. The number of hydrogen-bond donors (Lipinski definition) is 2. The van der Waals surface area contributed by atoms with Crippen LogP contribution in [0, 0.1) is 0 Å². The molecule has 0 aliphatic carbocycles. The first-order chi connectivity index (χ1) is 24.4. The third kappa shape index (κ3) is 9.41. The van der Waals surface area contributed by atoms with E-state index in [1.165, 1.54) is 0 Å². The fourth-order valence-electron chi connectivity index (χ4n) is 6.13. The van der Waals surface area contributed by atoms with Gasteiger partial charge < -0.3 is 20.0 Å². The highest BCUT2D eigenvalue weighted by Crippen LogP contribution is 2.28. The molecule has 2 amide bonds. The molecule has 50 heavy (non-hydrogen) atoms. The summed E-state index contributed by atoms with van der Waals surface area (Å²) in [4.78, 5) is 31.7. The van der Waals surface area contributed by atoms with Gasteiger partial charge >= 0.3 is 0 Å². The monoisotopic (exact) mass is 668 g/mol. The molecule has 5 rings (SSSR count). The maximum atomic E-state index is 14.0. The van der Waals surface area contributed by atoms with Crippen LogP contribution in [0.2, 0.25) is 0 Å². The van der Waals surface area contributed by atoms with E-state index in [-0.39, 0.29) is 23.3 Å². The maximum Gasteiger partial charge on any atom is 0.258 e. The Hall–Kier alpha value is -5.36. The molecule has 0 bridgehead atoms. The van der Waals surface area contributed by atoms with Gasteiger partial charge in [-0.25, -0.2) is 0 Å². The molecule has 0 fully saturated rings. The smallest absolute Gasteiger partial charge is 0.258 e. The van der Waals surface area contributed by atoms with Crippen LogP contribution < -0.4 is 9.80 Å². The molecule has 258 valence electrons. The molecule has 0 heterocycles. The molecule has 0 atom stereocenters. The average Bonchev–Trinajstić information content (AvgIpc) is 3.15. The van der Waals surface area contributed by atoms with Crippen LogP contribution >= 0.6 is 0 Å². The SMILES string of the molecule is CCCCCCN(C(=O)c1ccc(-c2ccc(O)cc2)cc1)c1ccc(N(CCCCCC)C(=O)c2ccc(-c3ccc(O)cc3)cc2)cc1. The number of carbonyl (C=O) groups excluding carboxylic acids is 2. The number of phenolic OH excluding ortho intramolecular Hbond substituents is 2. The zero-order chi connectivity index (χ0) is 35.3. The van der Waals surface area contributed by atoms with Crippen molar-refractivity contribution in [1.82, 2.24) is 0 Å². The molecule has 0 aliphatic heterocycles. The summed E-state index contributed by atoms with van der Waals surface area (Å²) in [7, 11) is 0. The van der Waals surface area contributed by atoms with E-state index in [4.69, 9.17) is 0 Å². The van der Waals surface area contributed by atoms with Crippen molar-refractivity contribution in [1.29, 1.82) is 0 Å². The first kappa shape index (κ1) is 35.9. The van der Waals surface area contributed by atoms with Crippen LogP contribution in [0.5, 0.6) is 11.5 Å². The third-order valence-corrected chi connectivity index (χ3v) is 9.10. The van der Waals surface area contributed by atoms with Gasteiger partial charge in [-0.3, -0.25) is 9.59 Å². The van der Waals surface area contributed by atoms with E-state index < -0.39 is 0 Å². The van der Waals surface area contributed by atoms with Crippen LogP contribution in [-0.2, 0) is 0 Å². The first-order valence-electron chi connectivity index (χ1n) is 17.9. The molecule has 2 N–H and O–H groups in total. The van der Waals surface area contributed by atoms with Gasteiger partial charge in [0, 0.05) is 35.6 Å². The molecule has 5 aromatic carbocycles. The Kier molecular flexibility index (Phi) is 12.8. The second-order valence-corrected chi connectivity index (χ2v) is 12.8. The van der Waals surface area contributed by atoms with Gasteiger partial charge in [0.15, 0.2) is 0 Å². The van der Waals surface area contributed by atoms with E-state index >= 15 is 0 Å². The van der Waals surface area contributed by atoms with Gasteiger partial charge in [-0.1, -0.05) is 101 Å². The highest BCUT2D eigenvalue weighted by molar-refractivity contribution is 6.08. The van der Waals surface area contributed by atoms with E-state index in [2.05, 4.69) is 13.8 Å². The van der Waals surface area contributed by atoms with Crippen molar-refractivity contribution in [2.24, 2.45) is 0 Å². The largest absolute Gasteiger partial charge is 0.508 e. The van der Waals surface area contributed by atoms with Crippen LogP contribution in [0.1, 0.15) is 85.9 Å². The molecule has 6 heteroatoms. The number of phenols is 2. The molecule has 6 nitrogen and oxygen atoms in total. The Morgan fingerprint density at radius 1 is 0.420 bits per heavy atom. The topological polar surface area (TPSA) is 81.1 Å². The Morgan fingerprint density at radius 2 is 0.720 bits per heavy atom. The van der Waals surface area contributed by atoms with Gasteiger partial charge in [-0.15, -0.1) is 0 Å². The highest BCUT2D eigenvalue weighted by atomic mass is 16.3. The van der Waals surface area contributed by atoms with Crippen molar-refractivity contribution < 1.29 is 19.8 Å². The van der Waals surface area contributed by atoms with Crippen molar-refractivity contribution in [2.45, 2.75) is 65.2 Å². The van der Waals surface area contributed by atoms with E-state index in [0.29, 0.717) is 24.2 Å². The summed E-state index contributed by atoms with van der Waals surface area (Å²) in [5.74, 6) is 0.310. The number of rotatable bonds is 16. The zero-order valence-electron chi connectivity index (χ0n) is 29.2. The summed E-state index contributed by atoms with van der Waals surface area (Å²) >= 11 is 0. The Bertz CT molecular complexity index is 1660. The molecule has 0 aromatic heterocycles. The highest BCUT2D eigenvalue weighted by Gasteiger charge is 2.21. The lowest BCUT2D eigenvalue weighted by molar-refractivity contribution is 0.0978. The van der Waals surface area contributed by atoms with E-state index in [0.717, 1.165) is 85.0 Å². The standard InChI is InChI=1S/C44H48N2O4/c1-3-5-7-9-31-45(43(49)37-15-11-33(12-16-37)35-19-27-41(47)28-20-35)39-23-25-40(26-24-39)46(32-10-8-6-4-2)44(50)38-17-13-34(14-18-38)36-21-29-42(48)30-22-36/h11-30,47-48H,3-10,31-32H2,1-2H3. The van der Waals surface area contributed by atoms with Crippen molar-refractivity contribution >= 4 is 23.2 Å². The summed E-state index contributed by atoms with van der Waals surface area (Å²) in [6.45, 7) is 5.56. The van der Waals surface area contributed by atoms with E-state index in [9.17, 15) is 19.8 Å². The fourth-order valence-corrected chi connectivity index (χ4v) is 6.13. The van der Waals surface area contributed by atoms with Gasteiger partial charge in [0.2, 0.25) is 0 Å². The van der Waals surface area contributed by atoms with Gasteiger partial charge in [-0.2, -0.15) is 0 Å².